The van der Waals surface area contributed by atoms with Gasteiger partial charge in [0.05, 0.1) is 6.21 Å². The molecule has 0 saturated carbocycles. The first-order chi connectivity index (χ1) is 12.2. The molecule has 0 aliphatic carbocycles. The van der Waals surface area contributed by atoms with Gasteiger partial charge in [-0.2, -0.15) is 5.10 Å². The molecule has 7 nitrogen and oxygen atoms in total. The van der Waals surface area contributed by atoms with E-state index in [0.717, 1.165) is 11.1 Å². The quantitative estimate of drug-likeness (QED) is 0.345. The van der Waals surface area contributed by atoms with Crippen molar-refractivity contribution < 1.29 is 14.3 Å². The fourth-order valence-corrected chi connectivity index (χ4v) is 1.82. The number of amides is 2. The normalized spacial score (nSPS) is 10.2. The molecular formula is C18H18N4O3. The third kappa shape index (κ3) is 6.26. The molecule has 1 aromatic carbocycles. The average molecular weight is 338 g/mol. The van der Waals surface area contributed by atoms with Crippen molar-refractivity contribution >= 4 is 18.0 Å². The highest BCUT2D eigenvalue weighted by Gasteiger charge is 2.11. The summed E-state index contributed by atoms with van der Waals surface area (Å²) in [6, 6.07) is 10.6. The van der Waals surface area contributed by atoms with E-state index in [1.165, 1.54) is 6.21 Å². The van der Waals surface area contributed by atoms with E-state index in [0.29, 0.717) is 12.4 Å². The minimum atomic E-state index is -0.843. The van der Waals surface area contributed by atoms with E-state index in [1.807, 2.05) is 0 Å². The highest BCUT2D eigenvalue weighted by atomic mass is 16.5. The molecular weight excluding hydrogens is 320 g/mol. The summed E-state index contributed by atoms with van der Waals surface area (Å²) in [6.45, 7) is 4.21. The molecule has 2 rings (SSSR count). The van der Waals surface area contributed by atoms with Gasteiger partial charge in [0.15, 0.2) is 0 Å². The SMILES string of the molecule is C=CCOc1cccc(/C=N\NC(=O)C(=O)NCc2ccncc2)c1. The van der Waals surface area contributed by atoms with Crippen LogP contribution in [0.25, 0.3) is 0 Å². The van der Waals surface area contributed by atoms with Gasteiger partial charge in [-0.15, -0.1) is 0 Å². The number of hydrogen-bond acceptors (Lipinski definition) is 5. The van der Waals surface area contributed by atoms with Gasteiger partial charge in [0.1, 0.15) is 12.4 Å². The average Bonchev–Trinajstić information content (AvgIpc) is 2.65. The number of rotatable bonds is 7. The molecule has 2 amide bonds. The Hall–Kier alpha value is -3.48. The van der Waals surface area contributed by atoms with E-state index in [9.17, 15) is 9.59 Å². The van der Waals surface area contributed by atoms with Crippen molar-refractivity contribution in [3.63, 3.8) is 0 Å². The van der Waals surface area contributed by atoms with Crippen LogP contribution in [0.2, 0.25) is 0 Å². The maximum Gasteiger partial charge on any atom is 0.329 e. The fourth-order valence-electron chi connectivity index (χ4n) is 1.82. The number of aromatic nitrogens is 1. The van der Waals surface area contributed by atoms with Crippen LogP contribution in [0.3, 0.4) is 0 Å². The van der Waals surface area contributed by atoms with Gasteiger partial charge in [0.25, 0.3) is 0 Å². The zero-order chi connectivity index (χ0) is 17.9. The minimum Gasteiger partial charge on any atom is -0.490 e. The summed E-state index contributed by atoms with van der Waals surface area (Å²) < 4.78 is 5.40. The van der Waals surface area contributed by atoms with Gasteiger partial charge in [0.2, 0.25) is 0 Å². The first kappa shape index (κ1) is 17.9. The Morgan fingerprint density at radius 2 is 2.00 bits per heavy atom. The van der Waals surface area contributed by atoms with E-state index in [1.54, 1.807) is 54.9 Å². The van der Waals surface area contributed by atoms with E-state index in [2.05, 4.69) is 27.4 Å². The van der Waals surface area contributed by atoms with E-state index >= 15 is 0 Å². The molecule has 0 spiro atoms. The predicted octanol–water partition coefficient (Wildman–Crippen LogP) is 1.41. The summed E-state index contributed by atoms with van der Waals surface area (Å²) in [7, 11) is 0. The zero-order valence-electron chi connectivity index (χ0n) is 13.5. The second-order valence-corrected chi connectivity index (χ2v) is 4.91. The lowest BCUT2D eigenvalue weighted by molar-refractivity contribution is -0.139. The molecule has 7 heteroatoms. The van der Waals surface area contributed by atoms with Gasteiger partial charge in [0, 0.05) is 18.9 Å². The monoisotopic (exact) mass is 338 g/mol. The molecule has 0 unspecified atom stereocenters. The standard InChI is InChI=1S/C18H18N4O3/c1-2-10-25-16-5-3-4-15(11-16)13-21-22-18(24)17(23)20-12-14-6-8-19-9-7-14/h2-9,11,13H,1,10,12H2,(H,20,23)(H,22,24)/b21-13-. The number of hydrogen-bond donors (Lipinski definition) is 2. The van der Waals surface area contributed by atoms with Crippen LogP contribution in [0.1, 0.15) is 11.1 Å². The Kier molecular flexibility index (Phi) is 6.87. The zero-order valence-corrected chi connectivity index (χ0v) is 13.5. The smallest absolute Gasteiger partial charge is 0.329 e. The van der Waals surface area contributed by atoms with Crippen molar-refractivity contribution in [2.24, 2.45) is 5.10 Å². The van der Waals surface area contributed by atoms with Crippen molar-refractivity contribution in [3.05, 3.63) is 72.6 Å². The lowest BCUT2D eigenvalue weighted by Gasteiger charge is -2.04. The second kappa shape index (κ2) is 9.61. The van der Waals surface area contributed by atoms with Crippen LogP contribution in [0.4, 0.5) is 0 Å². The predicted molar refractivity (Wildman–Crippen MR) is 94.0 cm³/mol. The Morgan fingerprint density at radius 3 is 2.76 bits per heavy atom. The Balaban J connectivity index is 1.81. The van der Waals surface area contributed by atoms with Crippen molar-refractivity contribution in [2.75, 3.05) is 6.61 Å². The van der Waals surface area contributed by atoms with Crippen LogP contribution in [0.5, 0.6) is 5.75 Å². The lowest BCUT2D eigenvalue weighted by Crippen LogP contribution is -2.37. The van der Waals surface area contributed by atoms with Crippen molar-refractivity contribution in [2.45, 2.75) is 6.54 Å². The first-order valence-electron chi connectivity index (χ1n) is 7.53. The number of benzene rings is 1. The number of hydrazone groups is 1. The van der Waals surface area contributed by atoms with Crippen LogP contribution < -0.4 is 15.5 Å². The highest BCUT2D eigenvalue weighted by Crippen LogP contribution is 2.11. The lowest BCUT2D eigenvalue weighted by atomic mass is 10.2. The molecule has 0 radical (unpaired) electrons. The van der Waals surface area contributed by atoms with E-state index in [-0.39, 0.29) is 6.54 Å². The number of carbonyl (C=O) groups is 2. The van der Waals surface area contributed by atoms with Crippen LogP contribution in [0, 0.1) is 0 Å². The Morgan fingerprint density at radius 1 is 1.20 bits per heavy atom. The molecule has 0 fully saturated rings. The summed E-state index contributed by atoms with van der Waals surface area (Å²) in [5, 5.41) is 6.27. The molecule has 0 atom stereocenters. The van der Waals surface area contributed by atoms with Gasteiger partial charge in [-0.25, -0.2) is 5.43 Å². The maximum absolute atomic E-state index is 11.7. The third-order valence-electron chi connectivity index (χ3n) is 3.01. The molecule has 0 aliphatic rings. The number of nitrogens with one attached hydrogen (secondary N) is 2. The number of nitrogens with zero attached hydrogens (tertiary/aromatic N) is 2. The molecule has 2 aromatic rings. The van der Waals surface area contributed by atoms with Crippen LogP contribution >= 0.6 is 0 Å². The molecule has 25 heavy (non-hydrogen) atoms. The van der Waals surface area contributed by atoms with E-state index < -0.39 is 11.8 Å². The topological polar surface area (TPSA) is 92.7 Å². The third-order valence-corrected chi connectivity index (χ3v) is 3.01. The summed E-state index contributed by atoms with van der Waals surface area (Å²) in [5.74, 6) is -0.952. The Labute approximate surface area is 145 Å². The van der Waals surface area contributed by atoms with Gasteiger partial charge in [-0.1, -0.05) is 24.8 Å². The van der Waals surface area contributed by atoms with Gasteiger partial charge in [-0.3, -0.25) is 14.6 Å². The van der Waals surface area contributed by atoms with Crippen LogP contribution in [0.15, 0.2) is 66.5 Å². The van der Waals surface area contributed by atoms with E-state index in [4.69, 9.17) is 4.74 Å². The number of pyridine rings is 1. The molecule has 1 heterocycles. The second-order valence-electron chi connectivity index (χ2n) is 4.91. The first-order valence-corrected chi connectivity index (χ1v) is 7.53. The molecule has 128 valence electrons. The maximum atomic E-state index is 11.7. The molecule has 0 bridgehead atoms. The fraction of sp³-hybridized carbons (Fsp3) is 0.111. The molecule has 1 aromatic heterocycles. The number of ether oxygens (including phenoxy) is 1. The summed E-state index contributed by atoms with van der Waals surface area (Å²) in [5.41, 5.74) is 3.74. The molecule has 0 aliphatic heterocycles. The van der Waals surface area contributed by atoms with Gasteiger partial charge >= 0.3 is 11.8 Å². The largest absolute Gasteiger partial charge is 0.490 e. The van der Waals surface area contributed by atoms with Crippen LogP contribution in [-0.2, 0) is 16.1 Å². The minimum absolute atomic E-state index is 0.237. The summed E-state index contributed by atoms with van der Waals surface area (Å²) in [4.78, 5) is 27.2. The highest BCUT2D eigenvalue weighted by molar-refractivity contribution is 6.35. The summed E-state index contributed by atoms with van der Waals surface area (Å²) in [6.07, 6.45) is 6.29. The molecule has 2 N–H and O–H groups in total. The Bertz CT molecular complexity index is 760. The summed E-state index contributed by atoms with van der Waals surface area (Å²) >= 11 is 0. The molecule has 0 saturated heterocycles. The van der Waals surface area contributed by atoms with Crippen molar-refractivity contribution in [1.82, 2.24) is 15.7 Å². The van der Waals surface area contributed by atoms with Gasteiger partial charge in [-0.05, 0) is 35.4 Å². The van der Waals surface area contributed by atoms with Crippen molar-refractivity contribution in [1.29, 1.82) is 0 Å². The number of carbonyl (C=O) groups excluding carboxylic acids is 2. The van der Waals surface area contributed by atoms with Crippen LogP contribution in [-0.4, -0.2) is 29.6 Å². The van der Waals surface area contributed by atoms with Gasteiger partial charge < -0.3 is 10.1 Å². The van der Waals surface area contributed by atoms with Crippen molar-refractivity contribution in [3.8, 4) is 5.75 Å².